The third kappa shape index (κ3) is 7.24. The van der Waals surface area contributed by atoms with Crippen LogP contribution in [0.15, 0.2) is 48.5 Å². The minimum atomic E-state index is -4.41. The minimum absolute atomic E-state index is 0.0240. The molecule has 0 unspecified atom stereocenters. The Morgan fingerprint density at radius 3 is 2.44 bits per heavy atom. The molecule has 0 aliphatic carbocycles. The van der Waals surface area contributed by atoms with Crippen molar-refractivity contribution < 1.29 is 22.7 Å². The van der Waals surface area contributed by atoms with Crippen molar-refractivity contribution in [2.75, 3.05) is 40.3 Å². The molecule has 2 aromatic carbocycles. The zero-order valence-electron chi connectivity index (χ0n) is 18.5. The molecule has 1 aliphatic heterocycles. The van der Waals surface area contributed by atoms with Gasteiger partial charge in [-0.05, 0) is 68.9 Å². The molecule has 8 heteroatoms. The number of hydrogen-bond donors (Lipinski definition) is 1. The first-order valence-corrected chi connectivity index (χ1v) is 10.8. The quantitative estimate of drug-likeness (QED) is 0.587. The van der Waals surface area contributed by atoms with E-state index in [1.165, 1.54) is 17.7 Å². The van der Waals surface area contributed by atoms with Gasteiger partial charge in [-0.2, -0.15) is 13.2 Å². The van der Waals surface area contributed by atoms with Crippen LogP contribution in [-0.2, 0) is 12.7 Å². The molecule has 1 fully saturated rings. The monoisotopic (exact) mass is 449 g/mol. The van der Waals surface area contributed by atoms with Crippen LogP contribution in [0.4, 0.5) is 13.2 Å². The molecule has 0 spiro atoms. The fourth-order valence-electron chi connectivity index (χ4n) is 3.69. The molecule has 1 amide bonds. The number of nitrogens with zero attached hydrogens (tertiary/aromatic N) is 2. The van der Waals surface area contributed by atoms with Gasteiger partial charge in [0.15, 0.2) is 0 Å². The molecule has 3 rings (SSSR count). The third-order valence-electron chi connectivity index (χ3n) is 5.43. The normalized spacial score (nSPS) is 17.0. The van der Waals surface area contributed by atoms with Crippen molar-refractivity contribution in [1.29, 1.82) is 0 Å². The lowest BCUT2D eigenvalue weighted by Crippen LogP contribution is -2.37. The number of amides is 1. The van der Waals surface area contributed by atoms with Gasteiger partial charge in [0.2, 0.25) is 0 Å². The summed E-state index contributed by atoms with van der Waals surface area (Å²) in [6.07, 6.45) is -2.63. The highest BCUT2D eigenvalue weighted by Gasteiger charge is 2.30. The Kier molecular flexibility index (Phi) is 8.15. The average Bonchev–Trinajstić information content (AvgIpc) is 3.18. The molecule has 1 heterocycles. The second-order valence-electron chi connectivity index (χ2n) is 8.42. The van der Waals surface area contributed by atoms with E-state index in [0.29, 0.717) is 13.2 Å². The SMILES string of the molecule is CN(C)CCCOc1ccc(CN2CC[C@H](NC(=O)c3ccc(C(F)(F)F)cc3)C2)cc1. The summed E-state index contributed by atoms with van der Waals surface area (Å²) in [5.74, 6) is 0.511. The van der Waals surface area contributed by atoms with Crippen LogP contribution in [0.25, 0.3) is 0 Å². The predicted molar refractivity (Wildman–Crippen MR) is 118 cm³/mol. The fraction of sp³-hybridized carbons (Fsp3) is 0.458. The van der Waals surface area contributed by atoms with E-state index in [0.717, 1.165) is 50.4 Å². The van der Waals surface area contributed by atoms with Crippen LogP contribution in [0, 0.1) is 0 Å². The zero-order valence-corrected chi connectivity index (χ0v) is 18.5. The van der Waals surface area contributed by atoms with Crippen LogP contribution in [0.3, 0.4) is 0 Å². The molecule has 32 heavy (non-hydrogen) atoms. The maximum atomic E-state index is 12.7. The van der Waals surface area contributed by atoms with E-state index in [2.05, 4.69) is 27.2 Å². The average molecular weight is 450 g/mol. The molecule has 5 nitrogen and oxygen atoms in total. The van der Waals surface area contributed by atoms with Crippen molar-refractivity contribution in [2.24, 2.45) is 0 Å². The van der Waals surface area contributed by atoms with Crippen molar-refractivity contribution in [3.05, 3.63) is 65.2 Å². The largest absolute Gasteiger partial charge is 0.494 e. The summed E-state index contributed by atoms with van der Waals surface area (Å²) in [6, 6.07) is 12.3. The Balaban J connectivity index is 1.43. The summed E-state index contributed by atoms with van der Waals surface area (Å²) in [6.45, 7) is 4.00. The van der Waals surface area contributed by atoms with E-state index in [1.807, 2.05) is 26.2 Å². The number of hydrogen-bond acceptors (Lipinski definition) is 4. The molecule has 0 bridgehead atoms. The minimum Gasteiger partial charge on any atom is -0.494 e. The van der Waals surface area contributed by atoms with Crippen LogP contribution in [0.1, 0.15) is 34.3 Å². The lowest BCUT2D eigenvalue weighted by atomic mass is 10.1. The van der Waals surface area contributed by atoms with Crippen LogP contribution in [0.5, 0.6) is 5.75 Å². The Hall–Kier alpha value is -2.58. The Labute approximate surface area is 187 Å². The van der Waals surface area contributed by atoms with E-state index in [4.69, 9.17) is 4.74 Å². The molecule has 0 radical (unpaired) electrons. The summed E-state index contributed by atoms with van der Waals surface area (Å²) in [5, 5.41) is 2.93. The highest BCUT2D eigenvalue weighted by molar-refractivity contribution is 5.94. The molecule has 174 valence electrons. The van der Waals surface area contributed by atoms with Gasteiger partial charge in [0.25, 0.3) is 5.91 Å². The van der Waals surface area contributed by atoms with Gasteiger partial charge in [-0.1, -0.05) is 12.1 Å². The Bertz CT molecular complexity index is 868. The van der Waals surface area contributed by atoms with Crippen molar-refractivity contribution in [3.8, 4) is 5.75 Å². The highest BCUT2D eigenvalue weighted by atomic mass is 19.4. The predicted octanol–water partition coefficient (Wildman–Crippen LogP) is 4.04. The maximum absolute atomic E-state index is 12.7. The number of carbonyl (C=O) groups excluding carboxylic acids is 1. The summed E-state index contributed by atoms with van der Waals surface area (Å²) in [7, 11) is 4.08. The number of carbonyl (C=O) groups is 1. The first kappa shape index (κ1) is 24.1. The summed E-state index contributed by atoms with van der Waals surface area (Å²) in [4.78, 5) is 16.8. The van der Waals surface area contributed by atoms with Crippen molar-refractivity contribution >= 4 is 5.91 Å². The Morgan fingerprint density at radius 2 is 1.81 bits per heavy atom. The Morgan fingerprint density at radius 1 is 1.12 bits per heavy atom. The first-order valence-electron chi connectivity index (χ1n) is 10.8. The lowest BCUT2D eigenvalue weighted by Gasteiger charge is -2.17. The van der Waals surface area contributed by atoms with Crippen LogP contribution < -0.4 is 10.1 Å². The molecule has 2 aromatic rings. The number of halogens is 3. The second-order valence-corrected chi connectivity index (χ2v) is 8.42. The van der Waals surface area contributed by atoms with E-state index in [-0.39, 0.29) is 17.5 Å². The van der Waals surface area contributed by atoms with Crippen LogP contribution in [-0.4, -0.2) is 62.1 Å². The maximum Gasteiger partial charge on any atom is 0.416 e. The molecule has 1 N–H and O–H groups in total. The van der Waals surface area contributed by atoms with Gasteiger partial charge in [-0.15, -0.1) is 0 Å². The molecular formula is C24H30F3N3O2. The van der Waals surface area contributed by atoms with Gasteiger partial charge in [-0.25, -0.2) is 0 Å². The number of nitrogens with one attached hydrogen (secondary N) is 1. The van der Waals surface area contributed by atoms with Crippen molar-refractivity contribution in [1.82, 2.24) is 15.1 Å². The van der Waals surface area contributed by atoms with Crippen LogP contribution >= 0.6 is 0 Å². The standard InChI is InChI=1S/C24H30F3N3O2/c1-29(2)13-3-15-32-22-10-4-18(5-11-22)16-30-14-12-21(17-30)28-23(31)19-6-8-20(9-7-19)24(25,26)27/h4-11,21H,3,12-17H2,1-2H3,(H,28,31)/t21-/m0/s1. The molecule has 0 saturated carbocycles. The number of rotatable bonds is 9. The number of benzene rings is 2. The molecule has 0 aromatic heterocycles. The fourth-order valence-corrected chi connectivity index (χ4v) is 3.69. The summed E-state index contributed by atoms with van der Waals surface area (Å²) < 4.78 is 43.8. The van der Waals surface area contributed by atoms with Gasteiger partial charge in [-0.3, -0.25) is 9.69 Å². The third-order valence-corrected chi connectivity index (χ3v) is 5.43. The van der Waals surface area contributed by atoms with Crippen molar-refractivity contribution in [2.45, 2.75) is 31.6 Å². The topological polar surface area (TPSA) is 44.8 Å². The molecule has 1 aliphatic rings. The first-order chi connectivity index (χ1) is 15.2. The van der Waals surface area contributed by atoms with Gasteiger partial charge in [0.05, 0.1) is 12.2 Å². The zero-order chi connectivity index (χ0) is 23.1. The molecule has 1 atom stereocenters. The van der Waals surface area contributed by atoms with Gasteiger partial charge >= 0.3 is 6.18 Å². The second kappa shape index (κ2) is 10.8. The highest BCUT2D eigenvalue weighted by Crippen LogP contribution is 2.29. The summed E-state index contributed by atoms with van der Waals surface area (Å²) >= 11 is 0. The summed E-state index contributed by atoms with van der Waals surface area (Å²) in [5.41, 5.74) is 0.643. The van der Waals surface area contributed by atoms with E-state index in [1.54, 1.807) is 0 Å². The lowest BCUT2D eigenvalue weighted by molar-refractivity contribution is -0.137. The molecular weight excluding hydrogens is 419 g/mol. The van der Waals surface area contributed by atoms with Crippen molar-refractivity contribution in [3.63, 3.8) is 0 Å². The number of likely N-dealkylation sites (tertiary alicyclic amines) is 1. The number of ether oxygens (including phenoxy) is 1. The van der Waals surface area contributed by atoms with E-state index < -0.39 is 11.7 Å². The van der Waals surface area contributed by atoms with E-state index >= 15 is 0 Å². The van der Waals surface area contributed by atoms with E-state index in [9.17, 15) is 18.0 Å². The van der Waals surface area contributed by atoms with Gasteiger partial charge in [0, 0.05) is 37.8 Å². The molecule has 1 saturated heterocycles. The smallest absolute Gasteiger partial charge is 0.416 e. The van der Waals surface area contributed by atoms with Gasteiger partial charge in [0.1, 0.15) is 5.75 Å². The van der Waals surface area contributed by atoms with Gasteiger partial charge < -0.3 is 15.0 Å². The number of alkyl halides is 3. The van der Waals surface area contributed by atoms with Crippen LogP contribution in [0.2, 0.25) is 0 Å².